The minimum atomic E-state index is -4.45. The van der Waals surface area contributed by atoms with Crippen molar-refractivity contribution in [3.05, 3.63) is 70.1 Å². The van der Waals surface area contributed by atoms with Gasteiger partial charge in [-0.1, -0.05) is 12.1 Å². The van der Waals surface area contributed by atoms with Gasteiger partial charge in [0.15, 0.2) is 6.17 Å². The number of imidazole rings is 1. The summed E-state index contributed by atoms with van der Waals surface area (Å²) >= 11 is 0. The number of anilines is 1. The van der Waals surface area contributed by atoms with Crippen LogP contribution in [0.2, 0.25) is 0 Å². The van der Waals surface area contributed by atoms with Crippen LogP contribution in [0.3, 0.4) is 0 Å². The molecular formula is C21H21F3N8O2. The first-order chi connectivity index (χ1) is 16.0. The van der Waals surface area contributed by atoms with Gasteiger partial charge in [0.05, 0.1) is 17.0 Å². The first-order valence-electron chi connectivity index (χ1n) is 10.2. The van der Waals surface area contributed by atoms with Crippen LogP contribution < -0.4 is 16.8 Å². The average molecular weight is 474 g/mol. The molecule has 3 heterocycles. The maximum Gasteiger partial charge on any atom is 0.416 e. The van der Waals surface area contributed by atoms with E-state index in [0.29, 0.717) is 28.5 Å². The maximum atomic E-state index is 12.9. The molecule has 2 aromatic heterocycles. The average Bonchev–Trinajstić information content (AvgIpc) is 3.15. The lowest BCUT2D eigenvalue weighted by Crippen LogP contribution is -2.54. The molecule has 13 heteroatoms. The second-order valence-corrected chi connectivity index (χ2v) is 7.91. The molecule has 0 spiro atoms. The van der Waals surface area contributed by atoms with Crippen LogP contribution in [0.25, 0.3) is 16.9 Å². The number of nitro groups is 1. The van der Waals surface area contributed by atoms with Crippen molar-refractivity contribution < 1.29 is 18.1 Å². The summed E-state index contributed by atoms with van der Waals surface area (Å²) in [6.07, 6.45) is -1.20. The Morgan fingerprint density at radius 2 is 1.97 bits per heavy atom. The summed E-state index contributed by atoms with van der Waals surface area (Å²) in [6, 6.07) is 6.27. The van der Waals surface area contributed by atoms with Crippen molar-refractivity contribution in [2.24, 2.45) is 16.5 Å². The molecule has 0 fully saturated rings. The second kappa shape index (κ2) is 8.41. The number of amidine groups is 1. The van der Waals surface area contributed by atoms with Gasteiger partial charge in [0, 0.05) is 35.7 Å². The van der Waals surface area contributed by atoms with Crippen LogP contribution in [-0.2, 0) is 6.18 Å². The van der Waals surface area contributed by atoms with Gasteiger partial charge in [-0.3, -0.25) is 14.5 Å². The molecule has 2 unspecified atom stereocenters. The van der Waals surface area contributed by atoms with Crippen LogP contribution in [0.4, 0.5) is 19.1 Å². The van der Waals surface area contributed by atoms with Crippen LogP contribution >= 0.6 is 0 Å². The Labute approximate surface area is 191 Å². The SMILES string of the molecule is Cc1cn2c(NCCC3([N+](=O)[O-])C=CC(N)=NC3N)nc(-c3ccc(C(F)(F)F)cc3)cc2n1. The Bertz CT molecular complexity index is 1300. The molecule has 1 aliphatic rings. The van der Waals surface area contributed by atoms with Crippen LogP contribution in [0, 0.1) is 17.0 Å². The van der Waals surface area contributed by atoms with Crippen molar-refractivity contribution in [1.82, 2.24) is 14.4 Å². The molecule has 0 radical (unpaired) electrons. The molecule has 3 aromatic rings. The molecule has 5 N–H and O–H groups in total. The van der Waals surface area contributed by atoms with Gasteiger partial charge in [0.25, 0.3) is 5.54 Å². The molecule has 0 aliphatic carbocycles. The van der Waals surface area contributed by atoms with Gasteiger partial charge in [-0.05, 0) is 31.2 Å². The van der Waals surface area contributed by atoms with Crippen LogP contribution in [0.5, 0.6) is 0 Å². The lowest BCUT2D eigenvalue weighted by atomic mass is 9.90. The largest absolute Gasteiger partial charge is 0.416 e. The number of benzene rings is 1. The third-order valence-electron chi connectivity index (χ3n) is 5.57. The number of halogens is 3. The summed E-state index contributed by atoms with van der Waals surface area (Å²) in [5.41, 5.74) is 11.2. The monoisotopic (exact) mass is 474 g/mol. The normalized spacial score (nSPS) is 20.4. The van der Waals surface area contributed by atoms with Gasteiger partial charge >= 0.3 is 6.18 Å². The number of fused-ring (bicyclic) bond motifs is 1. The quantitative estimate of drug-likeness (QED) is 0.367. The van der Waals surface area contributed by atoms with Gasteiger partial charge in [-0.2, -0.15) is 13.2 Å². The number of nitrogens with two attached hydrogens (primary N) is 2. The number of aliphatic imine (C=N–C) groups is 1. The van der Waals surface area contributed by atoms with Gasteiger partial charge in [-0.15, -0.1) is 0 Å². The summed E-state index contributed by atoms with van der Waals surface area (Å²) in [4.78, 5) is 24.2. The van der Waals surface area contributed by atoms with E-state index in [1.807, 2.05) is 0 Å². The highest BCUT2D eigenvalue weighted by atomic mass is 19.4. The number of hydrogen-bond acceptors (Lipinski definition) is 8. The Balaban J connectivity index is 1.62. The highest BCUT2D eigenvalue weighted by molar-refractivity contribution is 5.92. The van der Waals surface area contributed by atoms with E-state index in [4.69, 9.17) is 11.5 Å². The summed E-state index contributed by atoms with van der Waals surface area (Å²) in [5.74, 6) is 0.433. The molecule has 4 rings (SSSR count). The van der Waals surface area contributed by atoms with E-state index in [-0.39, 0.29) is 18.8 Å². The fourth-order valence-corrected chi connectivity index (χ4v) is 3.72. The van der Waals surface area contributed by atoms with Crippen molar-refractivity contribution in [2.45, 2.75) is 31.2 Å². The van der Waals surface area contributed by atoms with Gasteiger partial charge < -0.3 is 16.8 Å². The Hall–Kier alpha value is -4.00. The Kier molecular flexibility index (Phi) is 5.73. The van der Waals surface area contributed by atoms with Crippen LogP contribution in [0.1, 0.15) is 17.7 Å². The molecule has 0 bridgehead atoms. The van der Waals surface area contributed by atoms with Gasteiger partial charge in [-0.25, -0.2) is 15.0 Å². The van der Waals surface area contributed by atoms with E-state index in [1.54, 1.807) is 23.6 Å². The summed E-state index contributed by atoms with van der Waals surface area (Å²) in [7, 11) is 0. The standard InChI is InChI=1S/C21H21F3N8O2/c1-12-11-31-17(28-12)10-15(13-2-4-14(5-3-13)21(22,23)24)29-19(31)27-9-8-20(32(33)34)7-6-16(25)30-18(20)26/h2-7,10-11,18H,8-9,26H2,1H3,(H2,25,30)(H,27,29). The first kappa shape index (κ1) is 23.2. The Morgan fingerprint density at radius 3 is 2.59 bits per heavy atom. The molecule has 10 nitrogen and oxygen atoms in total. The minimum Gasteiger partial charge on any atom is -0.384 e. The molecule has 0 amide bonds. The third-order valence-corrected chi connectivity index (χ3v) is 5.57. The fraction of sp³-hybridized carbons (Fsp3) is 0.286. The predicted octanol–water partition coefficient (Wildman–Crippen LogP) is 2.75. The van der Waals surface area contributed by atoms with Crippen molar-refractivity contribution in [1.29, 1.82) is 0 Å². The van der Waals surface area contributed by atoms with E-state index in [0.717, 1.165) is 12.1 Å². The van der Waals surface area contributed by atoms with Gasteiger partial charge in [0.2, 0.25) is 5.95 Å². The first-order valence-corrected chi connectivity index (χ1v) is 10.2. The van der Waals surface area contributed by atoms with Crippen LogP contribution in [0.15, 0.2) is 53.7 Å². The highest BCUT2D eigenvalue weighted by Crippen LogP contribution is 2.31. The topological polar surface area (TPSA) is 150 Å². The number of rotatable bonds is 6. The zero-order valence-corrected chi connectivity index (χ0v) is 18.0. The molecule has 0 saturated heterocycles. The number of nitrogens with zero attached hydrogens (tertiary/aromatic N) is 5. The summed E-state index contributed by atoms with van der Waals surface area (Å²) < 4.78 is 40.4. The molecule has 2 atom stereocenters. The zero-order valence-electron chi connectivity index (χ0n) is 18.0. The maximum absolute atomic E-state index is 12.9. The number of nitrogens with one attached hydrogen (secondary N) is 1. The minimum absolute atomic E-state index is 0.0180. The lowest BCUT2D eigenvalue weighted by Gasteiger charge is -2.28. The van der Waals surface area contributed by atoms with Gasteiger partial charge in [0.1, 0.15) is 11.5 Å². The molecule has 1 aliphatic heterocycles. The second-order valence-electron chi connectivity index (χ2n) is 7.91. The molecular weight excluding hydrogens is 453 g/mol. The molecule has 1 aromatic carbocycles. The number of aromatic nitrogens is 3. The van der Waals surface area contributed by atoms with E-state index in [1.165, 1.54) is 24.3 Å². The van der Waals surface area contributed by atoms with Crippen molar-refractivity contribution >= 4 is 17.4 Å². The smallest absolute Gasteiger partial charge is 0.384 e. The predicted molar refractivity (Wildman–Crippen MR) is 120 cm³/mol. The number of aryl methyl sites for hydroxylation is 1. The molecule has 178 valence electrons. The van der Waals surface area contributed by atoms with Crippen molar-refractivity contribution in [3.63, 3.8) is 0 Å². The van der Waals surface area contributed by atoms with E-state index < -0.39 is 28.4 Å². The molecule has 34 heavy (non-hydrogen) atoms. The highest BCUT2D eigenvalue weighted by Gasteiger charge is 2.48. The third kappa shape index (κ3) is 4.29. The summed E-state index contributed by atoms with van der Waals surface area (Å²) in [6.45, 7) is 1.88. The number of alkyl halides is 3. The van der Waals surface area contributed by atoms with E-state index in [9.17, 15) is 23.3 Å². The zero-order chi connectivity index (χ0) is 24.7. The molecule has 0 saturated carbocycles. The fourth-order valence-electron chi connectivity index (χ4n) is 3.72. The van der Waals surface area contributed by atoms with E-state index in [2.05, 4.69) is 20.3 Å². The van der Waals surface area contributed by atoms with E-state index >= 15 is 0 Å². The lowest BCUT2D eigenvalue weighted by molar-refractivity contribution is -0.559. The van der Waals surface area contributed by atoms with Crippen LogP contribution in [-0.4, -0.2) is 43.4 Å². The number of dihydropyridines is 1. The Morgan fingerprint density at radius 1 is 1.26 bits per heavy atom. The summed E-state index contributed by atoms with van der Waals surface area (Å²) in [5, 5.41) is 14.9. The number of hydrogen-bond donors (Lipinski definition) is 3. The van der Waals surface area contributed by atoms with Crippen molar-refractivity contribution in [2.75, 3.05) is 11.9 Å². The van der Waals surface area contributed by atoms with Crippen molar-refractivity contribution in [3.8, 4) is 11.3 Å².